The lowest BCUT2D eigenvalue weighted by molar-refractivity contribution is 0.102. The van der Waals surface area contributed by atoms with Gasteiger partial charge in [-0.1, -0.05) is 0 Å². The molecule has 1 saturated heterocycles. The molecule has 3 heterocycles. The summed E-state index contributed by atoms with van der Waals surface area (Å²) in [5.41, 5.74) is 4.44. The Morgan fingerprint density at radius 2 is 1.59 bits per heavy atom. The van der Waals surface area contributed by atoms with Crippen molar-refractivity contribution in [3.05, 3.63) is 72.2 Å². The Morgan fingerprint density at radius 1 is 0.875 bits per heavy atom. The summed E-state index contributed by atoms with van der Waals surface area (Å²) in [5, 5.41) is 6.18. The van der Waals surface area contributed by atoms with E-state index in [-0.39, 0.29) is 5.91 Å². The normalized spacial score (nSPS) is 13.3. The van der Waals surface area contributed by atoms with Crippen LogP contribution < -0.4 is 15.5 Å². The monoisotopic (exact) mass is 425 g/mol. The molecule has 1 fully saturated rings. The van der Waals surface area contributed by atoms with E-state index in [0.29, 0.717) is 22.7 Å². The number of anilines is 4. The van der Waals surface area contributed by atoms with Gasteiger partial charge in [0.15, 0.2) is 0 Å². The summed E-state index contributed by atoms with van der Waals surface area (Å²) < 4.78 is 0. The highest BCUT2D eigenvalue weighted by molar-refractivity contribution is 6.05. The second-order valence-electron chi connectivity index (χ2n) is 7.80. The second-order valence-corrected chi connectivity index (χ2v) is 7.80. The number of nitrogens with zero attached hydrogens (tertiary/aromatic N) is 5. The molecule has 160 valence electrons. The Morgan fingerprint density at radius 3 is 2.38 bits per heavy atom. The maximum Gasteiger partial charge on any atom is 0.255 e. The van der Waals surface area contributed by atoms with Gasteiger partial charge in [-0.05, 0) is 62.2 Å². The fourth-order valence-corrected chi connectivity index (χ4v) is 3.79. The number of aryl methyl sites for hydroxylation is 1. The minimum atomic E-state index is -0.199. The molecular weight excluding hydrogens is 402 g/mol. The summed E-state index contributed by atoms with van der Waals surface area (Å²) in [5.74, 6) is 1.33. The fraction of sp³-hybridized carbons (Fsp3) is 0.208. The molecule has 0 bridgehead atoms. The van der Waals surface area contributed by atoms with Gasteiger partial charge in [0.2, 0.25) is 5.95 Å². The van der Waals surface area contributed by atoms with Crippen molar-refractivity contribution < 1.29 is 4.79 Å². The zero-order valence-electron chi connectivity index (χ0n) is 17.7. The first-order chi connectivity index (χ1) is 15.6. The molecule has 0 aliphatic carbocycles. The molecule has 8 nitrogen and oxygen atoms in total. The van der Waals surface area contributed by atoms with Crippen LogP contribution in [0.3, 0.4) is 0 Å². The highest BCUT2D eigenvalue weighted by Gasteiger charge is 2.15. The van der Waals surface area contributed by atoms with Crippen LogP contribution in [0.1, 0.15) is 28.9 Å². The van der Waals surface area contributed by atoms with Crippen LogP contribution in [0.5, 0.6) is 0 Å². The summed E-state index contributed by atoms with van der Waals surface area (Å²) >= 11 is 0. The second kappa shape index (κ2) is 8.58. The summed E-state index contributed by atoms with van der Waals surface area (Å²) in [7, 11) is 0. The maximum absolute atomic E-state index is 12.6. The molecule has 1 aliphatic rings. The lowest BCUT2D eigenvalue weighted by Gasteiger charge is -2.17. The van der Waals surface area contributed by atoms with Crippen molar-refractivity contribution in [1.82, 2.24) is 19.9 Å². The van der Waals surface area contributed by atoms with E-state index in [1.807, 2.05) is 37.3 Å². The zero-order valence-corrected chi connectivity index (χ0v) is 17.7. The molecule has 2 aromatic heterocycles. The first kappa shape index (κ1) is 19.9. The van der Waals surface area contributed by atoms with Crippen LogP contribution in [0.4, 0.5) is 23.1 Å². The number of hydrogen-bond donors (Lipinski definition) is 2. The molecule has 0 spiro atoms. The van der Waals surface area contributed by atoms with E-state index < -0.39 is 0 Å². The minimum absolute atomic E-state index is 0.199. The number of amides is 1. The lowest BCUT2D eigenvalue weighted by atomic mass is 10.1. The highest BCUT2D eigenvalue weighted by Crippen LogP contribution is 2.23. The van der Waals surface area contributed by atoms with Crippen molar-refractivity contribution in [2.45, 2.75) is 19.8 Å². The van der Waals surface area contributed by atoms with Crippen LogP contribution >= 0.6 is 0 Å². The fourth-order valence-electron chi connectivity index (χ4n) is 3.79. The predicted octanol–water partition coefficient (Wildman–Crippen LogP) is 4.32. The number of rotatable bonds is 5. The van der Waals surface area contributed by atoms with Crippen LogP contribution in [0.15, 0.2) is 60.9 Å². The Bertz CT molecular complexity index is 1270. The molecule has 4 aromatic rings. The molecule has 1 amide bonds. The zero-order chi connectivity index (χ0) is 21.9. The Kier molecular flexibility index (Phi) is 5.33. The molecule has 0 radical (unpaired) electrons. The van der Waals surface area contributed by atoms with E-state index >= 15 is 0 Å². The van der Waals surface area contributed by atoms with E-state index in [1.165, 1.54) is 12.8 Å². The van der Waals surface area contributed by atoms with Gasteiger partial charge in [0.1, 0.15) is 5.82 Å². The standard InChI is InChI=1S/C24H23N7O/c1-16-14-22(31-12-2-3-13-31)30-24(27-16)29-19-7-5-18(6-8-19)28-23(32)17-4-9-20-21(15-17)26-11-10-25-20/h4-11,14-15H,2-3,12-13H2,1H3,(H,28,32)(H,27,29,30). The van der Waals surface area contributed by atoms with Crippen molar-refractivity contribution in [2.75, 3.05) is 28.6 Å². The SMILES string of the molecule is Cc1cc(N2CCCC2)nc(Nc2ccc(NC(=O)c3ccc4nccnc4c3)cc2)n1. The summed E-state index contributed by atoms with van der Waals surface area (Å²) in [6.45, 7) is 4.05. The molecule has 32 heavy (non-hydrogen) atoms. The molecule has 0 saturated carbocycles. The number of carbonyl (C=O) groups is 1. The topological polar surface area (TPSA) is 95.9 Å². The third kappa shape index (κ3) is 4.34. The van der Waals surface area contributed by atoms with Crippen LogP contribution in [-0.2, 0) is 0 Å². The van der Waals surface area contributed by atoms with Gasteiger partial charge in [0, 0.05) is 54.2 Å². The van der Waals surface area contributed by atoms with Crippen LogP contribution in [0.2, 0.25) is 0 Å². The van der Waals surface area contributed by atoms with Crippen molar-refractivity contribution in [1.29, 1.82) is 0 Å². The van der Waals surface area contributed by atoms with Gasteiger partial charge < -0.3 is 15.5 Å². The molecule has 0 unspecified atom stereocenters. The minimum Gasteiger partial charge on any atom is -0.356 e. The predicted molar refractivity (Wildman–Crippen MR) is 125 cm³/mol. The number of hydrogen-bond acceptors (Lipinski definition) is 7. The number of fused-ring (bicyclic) bond motifs is 1. The summed E-state index contributed by atoms with van der Waals surface area (Å²) in [6.07, 6.45) is 5.64. The molecule has 8 heteroatoms. The third-order valence-corrected chi connectivity index (χ3v) is 5.40. The van der Waals surface area contributed by atoms with Crippen LogP contribution in [-0.4, -0.2) is 38.9 Å². The first-order valence-corrected chi connectivity index (χ1v) is 10.6. The molecule has 2 aromatic carbocycles. The molecule has 0 atom stereocenters. The Labute approximate surface area is 185 Å². The van der Waals surface area contributed by atoms with Crippen molar-refractivity contribution in [2.24, 2.45) is 0 Å². The number of carbonyl (C=O) groups excluding carboxylic acids is 1. The maximum atomic E-state index is 12.6. The van der Waals surface area contributed by atoms with Gasteiger partial charge in [0.25, 0.3) is 5.91 Å². The quantitative estimate of drug-likeness (QED) is 0.491. The summed E-state index contributed by atoms with van der Waals surface area (Å²) in [6, 6.07) is 14.8. The highest BCUT2D eigenvalue weighted by atomic mass is 16.1. The third-order valence-electron chi connectivity index (χ3n) is 5.40. The van der Waals surface area contributed by atoms with E-state index in [0.717, 1.165) is 35.8 Å². The largest absolute Gasteiger partial charge is 0.356 e. The summed E-state index contributed by atoms with van der Waals surface area (Å²) in [4.78, 5) is 32.6. The number of benzene rings is 2. The van der Waals surface area contributed by atoms with Gasteiger partial charge in [-0.25, -0.2) is 4.98 Å². The van der Waals surface area contributed by atoms with Crippen molar-refractivity contribution in [3.63, 3.8) is 0 Å². The van der Waals surface area contributed by atoms with Crippen LogP contribution in [0, 0.1) is 6.92 Å². The number of nitrogens with one attached hydrogen (secondary N) is 2. The lowest BCUT2D eigenvalue weighted by Crippen LogP contribution is -2.19. The van der Waals surface area contributed by atoms with Gasteiger partial charge in [-0.3, -0.25) is 14.8 Å². The van der Waals surface area contributed by atoms with E-state index in [9.17, 15) is 4.79 Å². The average molecular weight is 425 g/mol. The van der Waals surface area contributed by atoms with Crippen molar-refractivity contribution in [3.8, 4) is 0 Å². The van der Waals surface area contributed by atoms with E-state index in [2.05, 4.69) is 35.5 Å². The molecule has 1 aliphatic heterocycles. The van der Waals surface area contributed by atoms with E-state index in [1.54, 1.807) is 30.6 Å². The van der Waals surface area contributed by atoms with E-state index in [4.69, 9.17) is 0 Å². The molecular formula is C24H23N7O. The van der Waals surface area contributed by atoms with Gasteiger partial charge in [0.05, 0.1) is 11.0 Å². The smallest absolute Gasteiger partial charge is 0.255 e. The first-order valence-electron chi connectivity index (χ1n) is 10.6. The Balaban J connectivity index is 1.27. The van der Waals surface area contributed by atoms with Crippen LogP contribution in [0.25, 0.3) is 11.0 Å². The van der Waals surface area contributed by atoms with Gasteiger partial charge >= 0.3 is 0 Å². The van der Waals surface area contributed by atoms with Gasteiger partial charge in [-0.2, -0.15) is 4.98 Å². The van der Waals surface area contributed by atoms with Crippen molar-refractivity contribution >= 4 is 40.1 Å². The Hall–Kier alpha value is -4.07. The average Bonchev–Trinajstić information content (AvgIpc) is 3.35. The molecule has 5 rings (SSSR count). The van der Waals surface area contributed by atoms with Gasteiger partial charge in [-0.15, -0.1) is 0 Å². The molecule has 2 N–H and O–H groups in total. The number of aromatic nitrogens is 4.